The van der Waals surface area contributed by atoms with E-state index in [-0.39, 0.29) is 23.2 Å². The highest BCUT2D eigenvalue weighted by Gasteiger charge is 2.17. The van der Waals surface area contributed by atoms with Crippen LogP contribution in [0.1, 0.15) is 18.4 Å². The molecule has 1 N–H and O–H groups in total. The van der Waals surface area contributed by atoms with Crippen LogP contribution >= 0.6 is 24.0 Å². The van der Waals surface area contributed by atoms with Crippen molar-refractivity contribution in [3.8, 4) is 0 Å². The van der Waals surface area contributed by atoms with Gasteiger partial charge in [-0.05, 0) is 50.7 Å². The fourth-order valence-corrected chi connectivity index (χ4v) is 2.42. The predicted molar refractivity (Wildman–Crippen MR) is 76.0 cm³/mol. The van der Waals surface area contributed by atoms with Gasteiger partial charge < -0.3 is 5.32 Å². The molecule has 0 unspecified atom stereocenters. The molecule has 18 heavy (non-hydrogen) atoms. The third-order valence-electron chi connectivity index (χ3n) is 3.35. The van der Waals surface area contributed by atoms with E-state index in [9.17, 15) is 4.39 Å². The molecule has 1 aliphatic rings. The van der Waals surface area contributed by atoms with Crippen LogP contribution < -0.4 is 5.32 Å². The molecular formula is C13H19Cl2FN2. The molecule has 2 nitrogen and oxygen atoms in total. The van der Waals surface area contributed by atoms with Gasteiger partial charge in [-0.2, -0.15) is 0 Å². The number of nitrogens with one attached hydrogen (secondary N) is 1. The molecule has 102 valence electrons. The summed E-state index contributed by atoms with van der Waals surface area (Å²) in [6.07, 6.45) is 2.32. The lowest BCUT2D eigenvalue weighted by Crippen LogP contribution is -2.40. The lowest BCUT2D eigenvalue weighted by molar-refractivity contribution is 0.191. The number of piperidine rings is 1. The number of nitrogens with zero attached hydrogens (tertiary/aromatic N) is 1. The molecular weight excluding hydrogens is 274 g/mol. The summed E-state index contributed by atoms with van der Waals surface area (Å²) in [5, 5.41) is 3.54. The van der Waals surface area contributed by atoms with Crippen molar-refractivity contribution < 1.29 is 4.39 Å². The fourth-order valence-electron chi connectivity index (χ4n) is 2.30. The summed E-state index contributed by atoms with van der Waals surface area (Å²) < 4.78 is 13.3. The van der Waals surface area contributed by atoms with Crippen molar-refractivity contribution >= 4 is 24.0 Å². The first kappa shape index (κ1) is 15.7. The van der Waals surface area contributed by atoms with Gasteiger partial charge in [-0.15, -0.1) is 12.4 Å². The van der Waals surface area contributed by atoms with Gasteiger partial charge in [-0.3, -0.25) is 4.90 Å². The standard InChI is InChI=1S/C13H18ClFN2.ClH/c1-17(11-4-6-16-7-5-11)9-10-2-3-12(14)13(15)8-10;/h2-3,8,11,16H,4-7,9H2,1H3;1H. The van der Waals surface area contributed by atoms with Gasteiger partial charge in [0.2, 0.25) is 0 Å². The van der Waals surface area contributed by atoms with Crippen LogP contribution in [-0.4, -0.2) is 31.1 Å². The molecule has 1 heterocycles. The SMILES string of the molecule is CN(Cc1ccc(Cl)c(F)c1)C1CCNCC1.Cl. The van der Waals surface area contributed by atoms with E-state index < -0.39 is 0 Å². The predicted octanol–water partition coefficient (Wildman–Crippen LogP) is 3.08. The van der Waals surface area contributed by atoms with Crippen LogP contribution in [0.4, 0.5) is 4.39 Å². The fraction of sp³-hybridized carbons (Fsp3) is 0.538. The molecule has 2 rings (SSSR count). The molecule has 0 saturated carbocycles. The smallest absolute Gasteiger partial charge is 0.142 e. The van der Waals surface area contributed by atoms with Gasteiger partial charge in [0.25, 0.3) is 0 Å². The minimum Gasteiger partial charge on any atom is -0.317 e. The summed E-state index contributed by atoms with van der Waals surface area (Å²) in [5.41, 5.74) is 0.980. The molecule has 0 aliphatic carbocycles. The molecule has 0 amide bonds. The second-order valence-electron chi connectivity index (χ2n) is 4.64. The van der Waals surface area contributed by atoms with Gasteiger partial charge in [0.1, 0.15) is 5.82 Å². The molecule has 0 radical (unpaired) electrons. The second kappa shape index (κ2) is 7.29. The minimum atomic E-state index is -0.331. The largest absolute Gasteiger partial charge is 0.317 e. The van der Waals surface area contributed by atoms with Crippen molar-refractivity contribution in [2.45, 2.75) is 25.4 Å². The van der Waals surface area contributed by atoms with E-state index in [0.717, 1.165) is 38.0 Å². The van der Waals surface area contributed by atoms with Crippen LogP contribution in [0, 0.1) is 5.82 Å². The Morgan fingerprint density at radius 2 is 2.06 bits per heavy atom. The van der Waals surface area contributed by atoms with E-state index >= 15 is 0 Å². The van der Waals surface area contributed by atoms with Crippen molar-refractivity contribution in [2.75, 3.05) is 20.1 Å². The molecule has 0 atom stereocenters. The number of hydrogen-bond donors (Lipinski definition) is 1. The maximum Gasteiger partial charge on any atom is 0.142 e. The molecule has 1 fully saturated rings. The lowest BCUT2D eigenvalue weighted by atomic mass is 10.0. The first-order valence-electron chi connectivity index (χ1n) is 6.01. The third-order valence-corrected chi connectivity index (χ3v) is 3.65. The normalized spacial score (nSPS) is 16.7. The number of halogens is 3. The maximum atomic E-state index is 13.3. The first-order chi connectivity index (χ1) is 8.16. The van der Waals surface area contributed by atoms with Gasteiger partial charge in [-0.25, -0.2) is 4.39 Å². The number of rotatable bonds is 3. The highest BCUT2D eigenvalue weighted by Crippen LogP contribution is 2.18. The van der Waals surface area contributed by atoms with Crippen LogP contribution in [0.3, 0.4) is 0 Å². The third kappa shape index (κ3) is 4.09. The van der Waals surface area contributed by atoms with E-state index in [1.807, 2.05) is 6.07 Å². The highest BCUT2D eigenvalue weighted by atomic mass is 35.5. The van der Waals surface area contributed by atoms with Crippen LogP contribution in [0.15, 0.2) is 18.2 Å². The van der Waals surface area contributed by atoms with E-state index in [0.29, 0.717) is 6.04 Å². The average Bonchev–Trinajstić information content (AvgIpc) is 2.35. The Morgan fingerprint density at radius 1 is 1.39 bits per heavy atom. The molecule has 0 aromatic heterocycles. The zero-order valence-electron chi connectivity index (χ0n) is 10.5. The Labute approximate surface area is 119 Å². The van der Waals surface area contributed by atoms with Crippen LogP contribution in [0.2, 0.25) is 5.02 Å². The van der Waals surface area contributed by atoms with Gasteiger partial charge in [0, 0.05) is 12.6 Å². The zero-order valence-corrected chi connectivity index (χ0v) is 12.0. The van der Waals surface area contributed by atoms with Crippen molar-refractivity contribution in [3.05, 3.63) is 34.6 Å². The molecule has 1 aromatic rings. The lowest BCUT2D eigenvalue weighted by Gasteiger charge is -2.31. The summed E-state index contributed by atoms with van der Waals surface area (Å²) in [5.74, 6) is -0.331. The van der Waals surface area contributed by atoms with Crippen LogP contribution in [-0.2, 0) is 6.54 Å². The molecule has 1 aliphatic heterocycles. The zero-order chi connectivity index (χ0) is 12.3. The summed E-state index contributed by atoms with van der Waals surface area (Å²) in [6.45, 7) is 2.92. The number of benzene rings is 1. The average molecular weight is 293 g/mol. The molecule has 1 saturated heterocycles. The Balaban J connectivity index is 0.00000162. The summed E-state index contributed by atoms with van der Waals surface area (Å²) >= 11 is 5.67. The molecule has 1 aromatic carbocycles. The Bertz CT molecular complexity index is 381. The van der Waals surface area contributed by atoms with Gasteiger partial charge in [-0.1, -0.05) is 17.7 Å². The quantitative estimate of drug-likeness (QED) is 0.921. The van der Waals surface area contributed by atoms with E-state index in [4.69, 9.17) is 11.6 Å². The van der Waals surface area contributed by atoms with Crippen molar-refractivity contribution in [2.24, 2.45) is 0 Å². The van der Waals surface area contributed by atoms with E-state index in [1.54, 1.807) is 6.07 Å². The second-order valence-corrected chi connectivity index (χ2v) is 5.05. The minimum absolute atomic E-state index is 0. The van der Waals surface area contributed by atoms with E-state index in [1.165, 1.54) is 6.07 Å². The van der Waals surface area contributed by atoms with Gasteiger partial charge >= 0.3 is 0 Å². The van der Waals surface area contributed by atoms with Gasteiger partial charge in [0.05, 0.1) is 5.02 Å². The summed E-state index contributed by atoms with van der Waals surface area (Å²) in [4.78, 5) is 2.30. The summed E-state index contributed by atoms with van der Waals surface area (Å²) in [6, 6.07) is 5.64. The van der Waals surface area contributed by atoms with Crippen molar-refractivity contribution in [1.82, 2.24) is 10.2 Å². The van der Waals surface area contributed by atoms with Crippen molar-refractivity contribution in [3.63, 3.8) is 0 Å². The van der Waals surface area contributed by atoms with E-state index in [2.05, 4.69) is 17.3 Å². The molecule has 5 heteroatoms. The van der Waals surface area contributed by atoms with Gasteiger partial charge in [0.15, 0.2) is 0 Å². The molecule has 0 spiro atoms. The Kier molecular flexibility index (Phi) is 6.36. The summed E-state index contributed by atoms with van der Waals surface area (Å²) in [7, 11) is 2.10. The first-order valence-corrected chi connectivity index (χ1v) is 6.39. The Morgan fingerprint density at radius 3 is 2.67 bits per heavy atom. The number of hydrogen-bond acceptors (Lipinski definition) is 2. The molecule has 0 bridgehead atoms. The van der Waals surface area contributed by atoms with Crippen LogP contribution in [0.25, 0.3) is 0 Å². The maximum absolute atomic E-state index is 13.3. The topological polar surface area (TPSA) is 15.3 Å². The van der Waals surface area contributed by atoms with Crippen molar-refractivity contribution in [1.29, 1.82) is 0 Å². The van der Waals surface area contributed by atoms with Crippen LogP contribution in [0.5, 0.6) is 0 Å². The Hall–Kier alpha value is -0.350. The monoisotopic (exact) mass is 292 g/mol. The highest BCUT2D eigenvalue weighted by molar-refractivity contribution is 6.30.